The van der Waals surface area contributed by atoms with E-state index in [1.165, 1.54) is 85.7 Å². The van der Waals surface area contributed by atoms with Crippen LogP contribution in [0.3, 0.4) is 0 Å². The van der Waals surface area contributed by atoms with E-state index in [1.54, 1.807) is 73.3 Å². The first-order valence-corrected chi connectivity index (χ1v) is 37.8. The molecule has 108 heavy (non-hydrogen) atoms. The smallest absolute Gasteiger partial charge is 0.343 e. The molecule has 1 aliphatic carbocycles. The molecule has 11 atom stereocenters. The maximum Gasteiger partial charge on any atom is 0.422 e. The highest BCUT2D eigenvalue weighted by Gasteiger charge is 2.51. The Kier molecular flexibility index (Phi) is 29.8. The lowest BCUT2D eigenvalue weighted by atomic mass is 9.90. The predicted octanol–water partition coefficient (Wildman–Crippen LogP) is 6.70. The molecule has 7 rings (SSSR count). The number of carbonyl (C=O) groups is 12. The zero-order valence-electron chi connectivity index (χ0n) is 65.2. The lowest BCUT2D eigenvalue weighted by molar-refractivity contribution is -0.160. The number of aryl methyl sites for hydroxylation is 2. The van der Waals surface area contributed by atoms with Crippen molar-refractivity contribution in [2.45, 2.75) is 224 Å². The molecule has 12 amide bonds. The predicted molar refractivity (Wildman–Crippen MR) is 394 cm³/mol. The van der Waals surface area contributed by atoms with E-state index < -0.39 is 192 Å². The van der Waals surface area contributed by atoms with E-state index in [-0.39, 0.29) is 56.6 Å². The molecule has 1 spiro atoms. The Morgan fingerprint density at radius 3 is 1.72 bits per heavy atom. The second-order valence-corrected chi connectivity index (χ2v) is 30.7. The number of carbonyl (C=O) groups excluding carboxylic acids is 12. The monoisotopic (exact) mass is 1510 g/mol. The number of likely N-dealkylation sites (tertiary alicyclic amines) is 1. The molecule has 3 N–H and O–H groups in total. The van der Waals surface area contributed by atoms with Gasteiger partial charge in [-0.05, 0) is 118 Å². The second-order valence-electron chi connectivity index (χ2n) is 30.7. The number of amides is 12. The second kappa shape index (κ2) is 37.4. The molecule has 0 radical (unpaired) electrons. The van der Waals surface area contributed by atoms with Crippen LogP contribution in [-0.4, -0.2) is 250 Å². The molecule has 4 aliphatic rings. The highest BCUT2D eigenvalue weighted by molar-refractivity contribution is 6.01. The summed E-state index contributed by atoms with van der Waals surface area (Å²) in [5, 5.41) is 8.54. The number of likely N-dealkylation sites (N-methyl/N-ethyl adjacent to an activating group) is 7. The maximum atomic E-state index is 15.8. The van der Waals surface area contributed by atoms with Crippen LogP contribution in [-0.2, 0) is 83.0 Å². The van der Waals surface area contributed by atoms with E-state index in [9.17, 15) is 32.3 Å². The first-order chi connectivity index (χ1) is 50.8. The van der Waals surface area contributed by atoms with Gasteiger partial charge in [-0.2, -0.15) is 13.2 Å². The van der Waals surface area contributed by atoms with Crippen molar-refractivity contribution < 1.29 is 79.5 Å². The van der Waals surface area contributed by atoms with Crippen LogP contribution >= 0.6 is 0 Å². The number of fused-ring (bicyclic) bond motifs is 1. The third-order valence-electron chi connectivity index (χ3n) is 22.6. The Labute approximate surface area is 631 Å². The number of nitrogens with zero attached hydrogens (tertiary/aromatic N) is 9. The molecule has 3 aliphatic heterocycles. The Bertz CT molecular complexity index is 3720. The molecular formula is C79H111F5N12O12. The minimum Gasteiger partial charge on any atom is -0.343 e. The van der Waals surface area contributed by atoms with Gasteiger partial charge in [-0.25, -0.2) is 8.78 Å². The Morgan fingerprint density at radius 2 is 1.17 bits per heavy atom. The largest absolute Gasteiger partial charge is 0.422 e. The van der Waals surface area contributed by atoms with Gasteiger partial charge >= 0.3 is 6.18 Å². The van der Waals surface area contributed by atoms with Gasteiger partial charge in [0.15, 0.2) is 0 Å². The lowest BCUT2D eigenvalue weighted by Gasteiger charge is -2.45. The quantitative estimate of drug-likeness (QED) is 0.142. The average Bonchev–Trinajstić information content (AvgIpc) is 1.42. The fourth-order valence-corrected chi connectivity index (χ4v) is 15.0. The number of hydrogen-bond donors (Lipinski definition) is 3. The minimum absolute atomic E-state index is 0.0543. The van der Waals surface area contributed by atoms with Crippen LogP contribution in [0, 0.1) is 36.3 Å². The summed E-state index contributed by atoms with van der Waals surface area (Å²) in [5.41, 5.74) is -2.24. The van der Waals surface area contributed by atoms with Crippen LogP contribution in [0.25, 0.3) is 0 Å². The van der Waals surface area contributed by atoms with Crippen molar-refractivity contribution in [2.24, 2.45) is 17.8 Å². The summed E-state index contributed by atoms with van der Waals surface area (Å²) in [6.07, 6.45) is -3.47. The highest BCUT2D eigenvalue weighted by Crippen LogP contribution is 2.37. The molecule has 594 valence electrons. The molecule has 3 saturated heterocycles. The zero-order chi connectivity index (χ0) is 80.1. The number of hydrogen-bond acceptors (Lipinski definition) is 12. The van der Waals surface area contributed by atoms with Crippen LogP contribution < -0.4 is 16.0 Å². The summed E-state index contributed by atoms with van der Waals surface area (Å²) in [6, 6.07) is 4.15. The Morgan fingerprint density at radius 1 is 0.593 bits per heavy atom. The first kappa shape index (κ1) is 86.2. The third-order valence-corrected chi connectivity index (χ3v) is 22.6. The molecule has 3 aromatic carbocycles. The van der Waals surface area contributed by atoms with Crippen molar-refractivity contribution in [3.05, 3.63) is 106 Å². The Balaban J connectivity index is 1.36. The minimum atomic E-state index is -5.42. The van der Waals surface area contributed by atoms with E-state index in [0.29, 0.717) is 74.9 Å². The molecule has 3 heterocycles. The summed E-state index contributed by atoms with van der Waals surface area (Å²) in [7, 11) is 9.51. The number of benzene rings is 3. The standard InChI is InChI=1S/C79H111F5N12O12/c1-16-49(6)66-75(106)89(10)51(8)70(101)96-39-34-58(96)73(104)92(13)61(44-53-30-28-48(5)29-31-53)72(103)88(9)46-63(97)85-57(33-32-54-41-55(80)65(56(81)42-54)79(82,83)84)71(102)91(12)60(43-52-26-20-18-21-27-52)69(100)87-78(35-22-23-36-78)77(108)94(15)67(50(7)17-2)76(107)93(14)62(74(105)95-37-24-19-25-38-95)45-64(98)90(11)59(40-47(3)4)68(99)86-66/h18,20-21,26-31,41-42,47,49-51,57-62,66-67H,16-17,19,22-25,32-40,43-46H2,1-15H3,(H,85,97)(H,86,99)(H,87,100)/t49-,50-,51-,57-,58-,59-,60+,61-,62-,66-,67-/m0/s1. The van der Waals surface area contributed by atoms with Gasteiger partial charge in [0.25, 0.3) is 0 Å². The maximum absolute atomic E-state index is 15.8. The van der Waals surface area contributed by atoms with Crippen molar-refractivity contribution in [1.29, 1.82) is 0 Å². The zero-order valence-corrected chi connectivity index (χ0v) is 65.2. The number of alkyl halides is 3. The summed E-state index contributed by atoms with van der Waals surface area (Å²) in [6.45, 7) is 14.1. The molecule has 0 unspecified atom stereocenters. The van der Waals surface area contributed by atoms with Gasteiger partial charge in [-0.1, -0.05) is 127 Å². The van der Waals surface area contributed by atoms with E-state index in [4.69, 9.17) is 0 Å². The van der Waals surface area contributed by atoms with Crippen LogP contribution in [0.2, 0.25) is 0 Å². The van der Waals surface area contributed by atoms with Crippen LogP contribution in [0.5, 0.6) is 0 Å². The van der Waals surface area contributed by atoms with Gasteiger partial charge in [0.1, 0.15) is 77.1 Å². The van der Waals surface area contributed by atoms with E-state index in [1.807, 2.05) is 34.6 Å². The van der Waals surface area contributed by atoms with Crippen molar-refractivity contribution in [3.63, 3.8) is 0 Å². The van der Waals surface area contributed by atoms with Gasteiger partial charge in [0.05, 0.1) is 13.0 Å². The van der Waals surface area contributed by atoms with E-state index >= 15 is 47.1 Å². The normalized spacial score (nSPS) is 25.3. The SMILES string of the molecule is CC[C@H](C)[C@@H]1NC(=O)[C@H](CC(C)C)N(C)C(=O)C[C@@H](C(=O)N2CCCCC2)N(C)C(=O)[C@H]([C@@H](C)CC)N(C)C(=O)C2(CCCC2)NC(=O)[C@@H](Cc2ccccc2)N(C)C(=O)[C@H](CCc2cc(F)c(C(F)(F)F)c(F)c2)NC(=O)CN(C)C(=O)[C@H](Cc2ccc(C)cc2)N(C)C(=O)[C@@H]2CCN2C(=O)[C@H](C)N(C)C1=O. The van der Waals surface area contributed by atoms with Crippen molar-refractivity contribution >= 4 is 70.9 Å². The number of halogens is 5. The lowest BCUT2D eigenvalue weighted by Crippen LogP contribution is -2.65. The summed E-state index contributed by atoms with van der Waals surface area (Å²) < 4.78 is 72.1. The first-order valence-electron chi connectivity index (χ1n) is 37.8. The summed E-state index contributed by atoms with van der Waals surface area (Å²) in [4.78, 5) is 193. The third kappa shape index (κ3) is 20.4. The van der Waals surface area contributed by atoms with Crippen molar-refractivity contribution in [3.8, 4) is 0 Å². The molecule has 1 saturated carbocycles. The topological polar surface area (TPSA) is 270 Å². The van der Waals surface area contributed by atoms with Gasteiger partial charge in [-0.15, -0.1) is 0 Å². The molecule has 3 aromatic rings. The van der Waals surface area contributed by atoms with Gasteiger partial charge in [0, 0.05) is 81.8 Å². The van der Waals surface area contributed by atoms with Crippen LogP contribution in [0.1, 0.15) is 160 Å². The molecule has 24 nitrogen and oxygen atoms in total. The molecule has 4 fully saturated rings. The van der Waals surface area contributed by atoms with Gasteiger partial charge in [-0.3, -0.25) is 57.5 Å². The number of piperidine rings is 1. The van der Waals surface area contributed by atoms with E-state index in [0.717, 1.165) is 21.8 Å². The number of nitrogens with one attached hydrogen (secondary N) is 3. The molecular weight excluding hydrogens is 1400 g/mol. The summed E-state index contributed by atoms with van der Waals surface area (Å²) in [5.74, 6) is -14.2. The average molecular weight is 1520 g/mol. The Hall–Kier alpha value is -9.05. The number of rotatable bonds is 14. The molecule has 0 bridgehead atoms. The van der Waals surface area contributed by atoms with Crippen LogP contribution in [0.15, 0.2) is 66.7 Å². The van der Waals surface area contributed by atoms with Gasteiger partial charge in [0.2, 0.25) is 70.9 Å². The summed E-state index contributed by atoms with van der Waals surface area (Å²) >= 11 is 0. The van der Waals surface area contributed by atoms with E-state index in [2.05, 4.69) is 16.0 Å². The van der Waals surface area contributed by atoms with Crippen molar-refractivity contribution in [2.75, 3.05) is 75.5 Å². The molecule has 29 heteroatoms. The fraction of sp³-hybridized carbons (Fsp3) is 0.620. The van der Waals surface area contributed by atoms with Gasteiger partial charge < -0.3 is 60.0 Å². The van der Waals surface area contributed by atoms with Crippen molar-refractivity contribution in [1.82, 2.24) is 60.0 Å². The highest BCUT2D eigenvalue weighted by atomic mass is 19.4. The fourth-order valence-electron chi connectivity index (χ4n) is 15.0. The molecule has 0 aromatic heterocycles. The van der Waals surface area contributed by atoms with Crippen LogP contribution in [0.4, 0.5) is 22.0 Å².